The van der Waals surface area contributed by atoms with Crippen LogP contribution >= 0.6 is 0 Å². The third kappa shape index (κ3) is 4.15. The second kappa shape index (κ2) is 8.28. The van der Waals surface area contributed by atoms with Crippen molar-refractivity contribution < 1.29 is 9.47 Å². The van der Waals surface area contributed by atoms with E-state index in [9.17, 15) is 0 Å². The van der Waals surface area contributed by atoms with Crippen LogP contribution in [0.2, 0.25) is 0 Å². The summed E-state index contributed by atoms with van der Waals surface area (Å²) < 4.78 is 13.2. The number of aryl methyl sites for hydroxylation is 1. The van der Waals surface area contributed by atoms with Gasteiger partial charge < -0.3 is 9.47 Å². The SMILES string of the molecule is Cn1nc(COc2ccccc2)nc1[C@@H](c1cccnc1)N1CCOCC1. The fourth-order valence-electron chi connectivity index (χ4n) is 3.31. The van der Waals surface area contributed by atoms with Crippen LogP contribution in [0.1, 0.15) is 23.3 Å². The molecule has 1 aliphatic heterocycles. The lowest BCUT2D eigenvalue weighted by atomic mass is 10.1. The second-order valence-electron chi connectivity index (χ2n) is 6.45. The molecule has 1 aromatic carbocycles. The third-order valence-electron chi connectivity index (χ3n) is 4.61. The summed E-state index contributed by atoms with van der Waals surface area (Å²) in [6, 6.07) is 13.7. The van der Waals surface area contributed by atoms with Crippen LogP contribution in [0.5, 0.6) is 5.75 Å². The van der Waals surface area contributed by atoms with Gasteiger partial charge in [0, 0.05) is 32.5 Å². The lowest BCUT2D eigenvalue weighted by Crippen LogP contribution is -2.40. The molecule has 7 nitrogen and oxygen atoms in total. The Kier molecular flexibility index (Phi) is 5.41. The molecule has 2 aromatic heterocycles. The van der Waals surface area contributed by atoms with Crippen molar-refractivity contribution in [2.24, 2.45) is 7.05 Å². The number of para-hydroxylation sites is 1. The van der Waals surface area contributed by atoms with Crippen molar-refractivity contribution in [1.82, 2.24) is 24.6 Å². The largest absolute Gasteiger partial charge is 0.486 e. The van der Waals surface area contributed by atoms with Crippen molar-refractivity contribution in [1.29, 1.82) is 0 Å². The highest BCUT2D eigenvalue weighted by molar-refractivity contribution is 5.23. The number of benzene rings is 1. The van der Waals surface area contributed by atoms with Crippen molar-refractivity contribution in [3.8, 4) is 5.75 Å². The van der Waals surface area contributed by atoms with Gasteiger partial charge in [-0.3, -0.25) is 14.6 Å². The van der Waals surface area contributed by atoms with Crippen LogP contribution in [0.4, 0.5) is 0 Å². The molecular weight excluding hydrogens is 342 g/mol. The number of aromatic nitrogens is 4. The van der Waals surface area contributed by atoms with Gasteiger partial charge in [0.1, 0.15) is 18.2 Å². The summed E-state index contributed by atoms with van der Waals surface area (Å²) in [6.07, 6.45) is 3.69. The van der Waals surface area contributed by atoms with Crippen LogP contribution in [0.25, 0.3) is 0 Å². The Balaban J connectivity index is 1.59. The third-order valence-corrected chi connectivity index (χ3v) is 4.61. The minimum atomic E-state index is -0.00873. The minimum Gasteiger partial charge on any atom is -0.486 e. The summed E-state index contributed by atoms with van der Waals surface area (Å²) in [6.45, 7) is 3.47. The average molecular weight is 365 g/mol. The smallest absolute Gasteiger partial charge is 0.188 e. The molecule has 27 heavy (non-hydrogen) atoms. The molecule has 0 amide bonds. The molecule has 1 fully saturated rings. The van der Waals surface area contributed by atoms with E-state index in [-0.39, 0.29) is 6.04 Å². The molecule has 3 heterocycles. The first-order valence-electron chi connectivity index (χ1n) is 9.10. The van der Waals surface area contributed by atoms with Gasteiger partial charge in [0.2, 0.25) is 0 Å². The van der Waals surface area contributed by atoms with E-state index in [4.69, 9.17) is 14.5 Å². The Hall–Kier alpha value is -2.77. The van der Waals surface area contributed by atoms with Crippen LogP contribution in [-0.2, 0) is 18.4 Å². The van der Waals surface area contributed by atoms with E-state index >= 15 is 0 Å². The van der Waals surface area contributed by atoms with Crippen molar-refractivity contribution in [3.05, 3.63) is 72.1 Å². The molecular formula is C20H23N5O2. The molecule has 0 aliphatic carbocycles. The van der Waals surface area contributed by atoms with E-state index in [1.165, 1.54) is 0 Å². The first-order chi connectivity index (χ1) is 13.3. The number of morpholine rings is 1. The van der Waals surface area contributed by atoms with Crippen molar-refractivity contribution >= 4 is 0 Å². The van der Waals surface area contributed by atoms with Gasteiger partial charge in [-0.25, -0.2) is 4.98 Å². The van der Waals surface area contributed by atoms with Gasteiger partial charge in [0.15, 0.2) is 5.82 Å². The summed E-state index contributed by atoms with van der Waals surface area (Å²) in [5, 5.41) is 4.57. The van der Waals surface area contributed by atoms with Crippen LogP contribution in [0.3, 0.4) is 0 Å². The average Bonchev–Trinajstić information content (AvgIpc) is 3.09. The molecule has 1 atom stereocenters. The number of ether oxygens (including phenoxy) is 2. The van der Waals surface area contributed by atoms with Gasteiger partial charge in [0.25, 0.3) is 0 Å². The minimum absolute atomic E-state index is 0.00873. The molecule has 0 spiro atoms. The number of pyridine rings is 1. The van der Waals surface area contributed by atoms with Crippen molar-refractivity contribution in [2.45, 2.75) is 12.6 Å². The van der Waals surface area contributed by atoms with E-state index in [2.05, 4.69) is 21.0 Å². The van der Waals surface area contributed by atoms with Crippen LogP contribution in [0, 0.1) is 0 Å². The lowest BCUT2D eigenvalue weighted by molar-refractivity contribution is 0.0217. The first kappa shape index (κ1) is 17.6. The summed E-state index contributed by atoms with van der Waals surface area (Å²) in [5.74, 6) is 2.36. The standard InChI is InChI=1S/C20H23N5O2/c1-24-20(22-18(23-24)15-27-17-7-3-2-4-8-17)19(16-6-5-9-21-14-16)25-10-12-26-13-11-25/h2-9,14,19H,10-13,15H2,1H3/t19-/m1/s1. The van der Waals surface area contributed by atoms with Gasteiger partial charge in [-0.05, 0) is 23.8 Å². The van der Waals surface area contributed by atoms with Gasteiger partial charge in [-0.2, -0.15) is 5.10 Å². The maximum absolute atomic E-state index is 5.81. The normalized spacial score (nSPS) is 16.2. The predicted molar refractivity (Wildman–Crippen MR) is 100 cm³/mol. The second-order valence-corrected chi connectivity index (χ2v) is 6.45. The number of nitrogens with zero attached hydrogens (tertiary/aromatic N) is 5. The van der Waals surface area contributed by atoms with Crippen LogP contribution < -0.4 is 4.74 Å². The van der Waals surface area contributed by atoms with Crippen LogP contribution in [-0.4, -0.2) is 51.0 Å². The lowest BCUT2D eigenvalue weighted by Gasteiger charge is -2.33. The molecule has 0 saturated carbocycles. The van der Waals surface area contributed by atoms with Gasteiger partial charge >= 0.3 is 0 Å². The molecule has 7 heteroatoms. The molecule has 1 aliphatic rings. The maximum atomic E-state index is 5.81. The summed E-state index contributed by atoms with van der Waals surface area (Å²) in [5.41, 5.74) is 1.10. The summed E-state index contributed by atoms with van der Waals surface area (Å²) >= 11 is 0. The first-order valence-corrected chi connectivity index (χ1v) is 9.10. The van der Waals surface area contributed by atoms with Crippen LogP contribution in [0.15, 0.2) is 54.9 Å². The fraction of sp³-hybridized carbons (Fsp3) is 0.350. The van der Waals surface area contributed by atoms with E-state index in [0.717, 1.165) is 43.4 Å². The van der Waals surface area contributed by atoms with Crippen molar-refractivity contribution in [3.63, 3.8) is 0 Å². The zero-order valence-electron chi connectivity index (χ0n) is 15.4. The molecule has 0 N–H and O–H groups in total. The van der Waals surface area contributed by atoms with E-state index < -0.39 is 0 Å². The quantitative estimate of drug-likeness (QED) is 0.667. The Morgan fingerprint density at radius 3 is 2.67 bits per heavy atom. The molecule has 4 rings (SSSR count). The van der Waals surface area contributed by atoms with Gasteiger partial charge in [-0.1, -0.05) is 24.3 Å². The number of hydrogen-bond donors (Lipinski definition) is 0. The van der Waals surface area contributed by atoms with E-state index in [1.807, 2.05) is 54.3 Å². The number of hydrogen-bond acceptors (Lipinski definition) is 6. The predicted octanol–water partition coefficient (Wildman–Crippen LogP) is 2.21. The van der Waals surface area contributed by atoms with E-state index in [0.29, 0.717) is 12.4 Å². The zero-order chi connectivity index (χ0) is 18.5. The molecule has 0 unspecified atom stereocenters. The molecule has 1 saturated heterocycles. The maximum Gasteiger partial charge on any atom is 0.188 e. The zero-order valence-corrected chi connectivity index (χ0v) is 15.4. The molecule has 0 bridgehead atoms. The monoisotopic (exact) mass is 365 g/mol. The Bertz CT molecular complexity index is 847. The molecule has 0 radical (unpaired) electrons. The molecule has 3 aromatic rings. The Morgan fingerprint density at radius 1 is 1.11 bits per heavy atom. The Labute approximate surface area is 158 Å². The van der Waals surface area contributed by atoms with Crippen molar-refractivity contribution in [2.75, 3.05) is 26.3 Å². The van der Waals surface area contributed by atoms with Gasteiger partial charge in [-0.15, -0.1) is 0 Å². The number of rotatable bonds is 6. The molecule has 140 valence electrons. The summed E-state index contributed by atoms with van der Waals surface area (Å²) in [4.78, 5) is 11.5. The topological polar surface area (TPSA) is 65.3 Å². The van der Waals surface area contributed by atoms with E-state index in [1.54, 1.807) is 6.20 Å². The van der Waals surface area contributed by atoms with Gasteiger partial charge in [0.05, 0.1) is 19.3 Å². The fourth-order valence-corrected chi connectivity index (χ4v) is 3.31. The highest BCUT2D eigenvalue weighted by Crippen LogP contribution is 2.27. The highest BCUT2D eigenvalue weighted by atomic mass is 16.5. The Morgan fingerprint density at radius 2 is 1.93 bits per heavy atom. The summed E-state index contributed by atoms with van der Waals surface area (Å²) in [7, 11) is 1.93. The highest BCUT2D eigenvalue weighted by Gasteiger charge is 2.28.